The number of carbonyl (C=O) groups excluding carboxylic acids is 1. The van der Waals surface area contributed by atoms with E-state index in [0.717, 1.165) is 29.2 Å². The first kappa shape index (κ1) is 14.6. The Morgan fingerprint density at radius 2 is 2.04 bits per heavy atom. The highest BCUT2D eigenvalue weighted by atomic mass is 16.3. The number of fused-ring (bicyclic) bond motifs is 2. The van der Waals surface area contributed by atoms with Crippen LogP contribution in [0.25, 0.3) is 10.8 Å². The number of nitrogens with one attached hydrogen (secondary N) is 1. The van der Waals surface area contributed by atoms with Crippen molar-refractivity contribution < 1.29 is 9.90 Å². The molecule has 2 fully saturated rings. The van der Waals surface area contributed by atoms with Crippen LogP contribution in [-0.2, 0) is 11.2 Å². The lowest BCUT2D eigenvalue weighted by Crippen LogP contribution is -2.61. The Bertz CT molecular complexity index is 725. The van der Waals surface area contributed by atoms with Gasteiger partial charge in [0.25, 0.3) is 0 Å². The number of rotatable bonds is 4. The van der Waals surface area contributed by atoms with Crippen molar-refractivity contribution in [1.82, 2.24) is 10.3 Å². The zero-order valence-corrected chi connectivity index (χ0v) is 13.1. The molecule has 2 aromatic rings. The highest BCUT2D eigenvalue weighted by Crippen LogP contribution is 2.47. The van der Waals surface area contributed by atoms with Crippen LogP contribution in [0.1, 0.15) is 31.2 Å². The fourth-order valence-electron chi connectivity index (χ4n) is 4.34. The molecule has 1 heterocycles. The molecular formula is C19H22N2O2. The van der Waals surface area contributed by atoms with E-state index in [1.807, 2.05) is 30.6 Å². The minimum Gasteiger partial charge on any atom is -0.391 e. The van der Waals surface area contributed by atoms with Gasteiger partial charge in [0, 0.05) is 24.2 Å². The fraction of sp³-hybridized carbons (Fsp3) is 0.474. The lowest BCUT2D eigenvalue weighted by molar-refractivity contribution is -0.128. The van der Waals surface area contributed by atoms with Crippen LogP contribution in [0.4, 0.5) is 0 Å². The van der Waals surface area contributed by atoms with Gasteiger partial charge >= 0.3 is 0 Å². The van der Waals surface area contributed by atoms with Gasteiger partial charge in [-0.05, 0) is 42.0 Å². The van der Waals surface area contributed by atoms with Crippen LogP contribution in [-0.4, -0.2) is 28.1 Å². The molecule has 4 heteroatoms. The van der Waals surface area contributed by atoms with Gasteiger partial charge in [-0.15, -0.1) is 0 Å². The molecule has 2 aliphatic rings. The number of aromatic nitrogens is 1. The molecule has 4 nitrogen and oxygen atoms in total. The molecule has 0 spiro atoms. The molecule has 0 bridgehead atoms. The minimum absolute atomic E-state index is 0.0272. The third kappa shape index (κ3) is 2.61. The molecule has 2 aliphatic carbocycles. The van der Waals surface area contributed by atoms with Crippen molar-refractivity contribution >= 4 is 16.7 Å². The Morgan fingerprint density at radius 1 is 1.22 bits per heavy atom. The molecule has 0 radical (unpaired) electrons. The first-order chi connectivity index (χ1) is 11.2. The number of pyridine rings is 1. The molecule has 0 aliphatic heterocycles. The number of benzene rings is 1. The zero-order valence-electron chi connectivity index (χ0n) is 13.1. The maximum Gasteiger partial charge on any atom is 0.220 e. The van der Waals surface area contributed by atoms with Crippen LogP contribution >= 0.6 is 0 Å². The maximum absolute atomic E-state index is 12.2. The van der Waals surface area contributed by atoms with E-state index in [1.165, 1.54) is 6.42 Å². The molecule has 4 atom stereocenters. The number of hydrogen-bond acceptors (Lipinski definition) is 3. The molecule has 4 rings (SSSR count). The van der Waals surface area contributed by atoms with E-state index in [2.05, 4.69) is 16.4 Å². The van der Waals surface area contributed by atoms with E-state index >= 15 is 0 Å². The van der Waals surface area contributed by atoms with Gasteiger partial charge in [-0.1, -0.05) is 30.7 Å². The van der Waals surface area contributed by atoms with Gasteiger partial charge < -0.3 is 10.4 Å². The summed E-state index contributed by atoms with van der Waals surface area (Å²) >= 11 is 0. The van der Waals surface area contributed by atoms with E-state index in [9.17, 15) is 9.90 Å². The average molecular weight is 310 g/mol. The molecule has 1 aromatic heterocycles. The van der Waals surface area contributed by atoms with E-state index in [4.69, 9.17) is 0 Å². The zero-order chi connectivity index (χ0) is 15.8. The number of hydrogen-bond donors (Lipinski definition) is 2. The summed E-state index contributed by atoms with van der Waals surface area (Å²) in [6.45, 7) is 0. The summed E-state index contributed by atoms with van der Waals surface area (Å²) in [5.41, 5.74) is 1.10. The van der Waals surface area contributed by atoms with Gasteiger partial charge in [0.05, 0.1) is 12.1 Å². The van der Waals surface area contributed by atoms with E-state index < -0.39 is 0 Å². The van der Waals surface area contributed by atoms with Crippen LogP contribution in [0.15, 0.2) is 36.7 Å². The van der Waals surface area contributed by atoms with Gasteiger partial charge in [-0.2, -0.15) is 0 Å². The topological polar surface area (TPSA) is 62.2 Å². The van der Waals surface area contributed by atoms with Gasteiger partial charge in [-0.3, -0.25) is 9.78 Å². The summed E-state index contributed by atoms with van der Waals surface area (Å²) in [5.74, 6) is 0.947. The summed E-state index contributed by atoms with van der Waals surface area (Å²) in [6, 6.07) is 8.09. The number of aliphatic hydroxyl groups is 1. The Hall–Kier alpha value is -1.94. The van der Waals surface area contributed by atoms with Gasteiger partial charge in [0.15, 0.2) is 0 Å². The second-order valence-electron chi connectivity index (χ2n) is 6.86. The molecule has 23 heavy (non-hydrogen) atoms. The van der Waals surface area contributed by atoms with Crippen LogP contribution in [0.5, 0.6) is 0 Å². The van der Waals surface area contributed by atoms with Crippen molar-refractivity contribution in [3.63, 3.8) is 0 Å². The molecular weight excluding hydrogens is 288 g/mol. The van der Waals surface area contributed by atoms with Crippen LogP contribution in [0.3, 0.4) is 0 Å². The molecule has 2 N–H and O–H groups in total. The number of aryl methyl sites for hydroxylation is 1. The third-order valence-corrected chi connectivity index (χ3v) is 5.59. The minimum atomic E-state index is -0.342. The highest BCUT2D eigenvalue weighted by Gasteiger charge is 2.52. The second kappa shape index (κ2) is 5.93. The van der Waals surface area contributed by atoms with Gasteiger partial charge in [0.2, 0.25) is 5.91 Å². The summed E-state index contributed by atoms with van der Waals surface area (Å²) < 4.78 is 0. The van der Waals surface area contributed by atoms with E-state index in [1.54, 1.807) is 0 Å². The maximum atomic E-state index is 12.2. The Kier molecular flexibility index (Phi) is 3.77. The van der Waals surface area contributed by atoms with Crippen molar-refractivity contribution in [2.45, 2.75) is 44.2 Å². The SMILES string of the molecule is O=C(CCc1cncc2ccccc12)N[C@H]1[C@@H](O)[C@H]2CCC[C@H]21. The normalized spacial score (nSPS) is 29.1. The largest absolute Gasteiger partial charge is 0.391 e. The summed E-state index contributed by atoms with van der Waals surface area (Å²) in [6.07, 6.45) is 7.91. The highest BCUT2D eigenvalue weighted by molar-refractivity contribution is 5.85. The summed E-state index contributed by atoms with van der Waals surface area (Å²) in [4.78, 5) is 16.5. The Morgan fingerprint density at radius 3 is 2.96 bits per heavy atom. The van der Waals surface area contributed by atoms with Gasteiger partial charge in [0.1, 0.15) is 0 Å². The third-order valence-electron chi connectivity index (χ3n) is 5.59. The number of amides is 1. The van der Waals surface area contributed by atoms with Crippen molar-refractivity contribution in [3.05, 3.63) is 42.2 Å². The van der Waals surface area contributed by atoms with Crippen LogP contribution in [0.2, 0.25) is 0 Å². The number of carbonyl (C=O) groups is 1. The number of nitrogens with zero attached hydrogens (tertiary/aromatic N) is 1. The lowest BCUT2D eigenvalue weighted by Gasteiger charge is -2.46. The first-order valence-electron chi connectivity index (χ1n) is 8.53. The van der Waals surface area contributed by atoms with Crippen molar-refractivity contribution in [2.75, 3.05) is 0 Å². The van der Waals surface area contributed by atoms with Crippen molar-refractivity contribution in [3.8, 4) is 0 Å². The molecule has 120 valence electrons. The average Bonchev–Trinajstić information content (AvgIpc) is 3.02. The molecule has 0 unspecified atom stereocenters. The van der Waals surface area contributed by atoms with Crippen LogP contribution in [0, 0.1) is 11.8 Å². The monoisotopic (exact) mass is 310 g/mol. The number of aliphatic hydroxyl groups excluding tert-OH is 1. The predicted molar refractivity (Wildman–Crippen MR) is 88.8 cm³/mol. The summed E-state index contributed by atoms with van der Waals surface area (Å²) in [7, 11) is 0. The molecule has 2 saturated carbocycles. The fourth-order valence-corrected chi connectivity index (χ4v) is 4.34. The molecule has 1 amide bonds. The van der Waals surface area contributed by atoms with Crippen molar-refractivity contribution in [2.24, 2.45) is 11.8 Å². The Balaban J connectivity index is 1.38. The Labute approximate surface area is 135 Å². The quantitative estimate of drug-likeness (QED) is 0.912. The first-order valence-corrected chi connectivity index (χ1v) is 8.53. The van der Waals surface area contributed by atoms with Gasteiger partial charge in [-0.25, -0.2) is 0 Å². The predicted octanol–water partition coefficient (Wildman–Crippen LogP) is 2.44. The van der Waals surface area contributed by atoms with E-state index in [-0.39, 0.29) is 18.1 Å². The standard InChI is InChI=1S/C19H22N2O2/c22-17(21-18-15-6-3-7-16(15)19(18)23)9-8-13-11-20-10-12-4-1-2-5-14(12)13/h1-2,4-5,10-11,15-16,18-19,23H,3,6-9H2,(H,21,22)/t15-,16+,18-,19+/m1/s1. The molecule has 0 saturated heterocycles. The van der Waals surface area contributed by atoms with Crippen molar-refractivity contribution in [1.29, 1.82) is 0 Å². The van der Waals surface area contributed by atoms with Crippen LogP contribution < -0.4 is 5.32 Å². The second-order valence-corrected chi connectivity index (χ2v) is 6.86. The van der Waals surface area contributed by atoms with E-state index in [0.29, 0.717) is 24.7 Å². The molecule has 1 aromatic carbocycles. The lowest BCUT2D eigenvalue weighted by atomic mass is 9.68. The summed E-state index contributed by atoms with van der Waals surface area (Å²) in [5, 5.41) is 15.4. The smallest absolute Gasteiger partial charge is 0.220 e.